The number of halogens is 1. The topological polar surface area (TPSA) is 72.5 Å². The van der Waals surface area contributed by atoms with E-state index >= 15 is 0 Å². The van der Waals surface area contributed by atoms with Crippen molar-refractivity contribution in [3.63, 3.8) is 0 Å². The van der Waals surface area contributed by atoms with Crippen LogP contribution in [-0.4, -0.2) is 40.3 Å². The first-order chi connectivity index (χ1) is 13.4. The van der Waals surface area contributed by atoms with Crippen molar-refractivity contribution in [2.75, 3.05) is 26.0 Å². The molecule has 0 aliphatic heterocycles. The number of carbonyl (C=O) groups excluding carboxylic acids is 1. The molecular weight excluding hydrogens is 442 g/mol. The minimum absolute atomic E-state index is 0.0249. The van der Waals surface area contributed by atoms with Crippen molar-refractivity contribution >= 4 is 31.7 Å². The van der Waals surface area contributed by atoms with E-state index in [0.717, 1.165) is 23.7 Å². The first-order valence-corrected chi connectivity index (χ1v) is 11.7. The van der Waals surface area contributed by atoms with E-state index in [4.69, 9.17) is 4.74 Å². The van der Waals surface area contributed by atoms with Gasteiger partial charge in [0, 0.05) is 29.1 Å². The molecule has 1 fully saturated rings. The Hall–Kier alpha value is -1.70. The SMILES string of the molecule is COCCS(=O)(=O)c1ccc(C(=O)NCC2(c3cccc(Br)c3)CCC2)cc1. The molecule has 0 heterocycles. The van der Waals surface area contributed by atoms with E-state index in [1.54, 1.807) is 12.1 Å². The van der Waals surface area contributed by atoms with Gasteiger partial charge in [-0.15, -0.1) is 0 Å². The summed E-state index contributed by atoms with van der Waals surface area (Å²) in [5, 5.41) is 3.03. The van der Waals surface area contributed by atoms with Crippen molar-refractivity contribution < 1.29 is 17.9 Å². The fourth-order valence-electron chi connectivity index (χ4n) is 3.47. The van der Waals surface area contributed by atoms with Crippen LogP contribution in [0.1, 0.15) is 35.2 Å². The normalized spacial score (nSPS) is 15.6. The number of hydrogen-bond donors (Lipinski definition) is 1. The number of methoxy groups -OCH3 is 1. The van der Waals surface area contributed by atoms with Gasteiger partial charge in [0.2, 0.25) is 0 Å². The summed E-state index contributed by atoms with van der Waals surface area (Å²) in [6.07, 6.45) is 3.23. The molecule has 1 aliphatic carbocycles. The lowest BCUT2D eigenvalue weighted by molar-refractivity contribution is 0.0927. The summed E-state index contributed by atoms with van der Waals surface area (Å²) < 4.78 is 30.2. The van der Waals surface area contributed by atoms with Gasteiger partial charge in [0.15, 0.2) is 9.84 Å². The highest BCUT2D eigenvalue weighted by molar-refractivity contribution is 9.10. The van der Waals surface area contributed by atoms with Crippen LogP contribution in [0.5, 0.6) is 0 Å². The van der Waals surface area contributed by atoms with Gasteiger partial charge in [-0.3, -0.25) is 4.79 Å². The number of rotatable bonds is 8. The first-order valence-electron chi connectivity index (χ1n) is 9.22. The van der Waals surface area contributed by atoms with Gasteiger partial charge in [-0.1, -0.05) is 34.5 Å². The Morgan fingerprint density at radius 3 is 2.46 bits per heavy atom. The number of nitrogens with one attached hydrogen (secondary N) is 1. The van der Waals surface area contributed by atoms with E-state index in [2.05, 4.69) is 33.4 Å². The number of hydrogen-bond acceptors (Lipinski definition) is 4. The Labute approximate surface area is 174 Å². The maximum absolute atomic E-state index is 12.6. The van der Waals surface area contributed by atoms with E-state index in [0.29, 0.717) is 12.1 Å². The maximum atomic E-state index is 12.6. The molecular formula is C21H24BrNO4S. The van der Waals surface area contributed by atoms with E-state index < -0.39 is 9.84 Å². The highest BCUT2D eigenvalue weighted by Crippen LogP contribution is 2.43. The molecule has 0 aromatic heterocycles. The molecule has 0 unspecified atom stereocenters. The summed E-state index contributed by atoms with van der Waals surface area (Å²) in [6.45, 7) is 0.707. The lowest BCUT2D eigenvalue weighted by Gasteiger charge is -2.42. The minimum Gasteiger partial charge on any atom is -0.384 e. The molecule has 2 aromatic rings. The average Bonchev–Trinajstić information content (AvgIpc) is 2.65. The molecule has 1 aliphatic rings. The number of carbonyl (C=O) groups is 1. The Bertz CT molecular complexity index is 937. The van der Waals surface area contributed by atoms with Gasteiger partial charge in [0.05, 0.1) is 17.3 Å². The van der Waals surface area contributed by atoms with E-state index in [9.17, 15) is 13.2 Å². The molecule has 0 radical (unpaired) electrons. The predicted octanol–water partition coefficient (Wildman–Crippen LogP) is 3.72. The highest BCUT2D eigenvalue weighted by Gasteiger charge is 2.39. The summed E-state index contributed by atoms with van der Waals surface area (Å²) >= 11 is 3.52. The quantitative estimate of drug-likeness (QED) is 0.644. The van der Waals surface area contributed by atoms with Crippen LogP contribution in [0.15, 0.2) is 57.9 Å². The molecule has 1 amide bonds. The summed E-state index contributed by atoms with van der Waals surface area (Å²) in [5.74, 6) is -0.272. The molecule has 1 N–H and O–H groups in total. The fraction of sp³-hybridized carbons (Fsp3) is 0.381. The molecule has 28 heavy (non-hydrogen) atoms. The van der Waals surface area contributed by atoms with Crippen LogP contribution in [0.3, 0.4) is 0 Å². The second-order valence-corrected chi connectivity index (χ2v) is 10.2. The van der Waals surface area contributed by atoms with Gasteiger partial charge in [-0.25, -0.2) is 8.42 Å². The van der Waals surface area contributed by atoms with Crippen LogP contribution in [0.2, 0.25) is 0 Å². The predicted molar refractivity (Wildman–Crippen MR) is 112 cm³/mol. The zero-order valence-corrected chi connectivity index (χ0v) is 18.2. The average molecular weight is 466 g/mol. The van der Waals surface area contributed by atoms with Gasteiger partial charge in [-0.2, -0.15) is 0 Å². The number of amides is 1. The third-order valence-corrected chi connectivity index (χ3v) is 7.55. The van der Waals surface area contributed by atoms with Gasteiger partial charge < -0.3 is 10.1 Å². The highest BCUT2D eigenvalue weighted by atomic mass is 79.9. The molecule has 5 nitrogen and oxygen atoms in total. The minimum atomic E-state index is -3.40. The van der Waals surface area contributed by atoms with Crippen LogP contribution in [0.25, 0.3) is 0 Å². The Morgan fingerprint density at radius 2 is 1.89 bits per heavy atom. The maximum Gasteiger partial charge on any atom is 0.251 e. The van der Waals surface area contributed by atoms with Gasteiger partial charge in [0.1, 0.15) is 0 Å². The standard InChI is InChI=1S/C21H24BrNO4S/c1-27-12-13-28(25,26)19-8-6-16(7-9-19)20(24)23-15-21(10-3-11-21)17-4-2-5-18(22)14-17/h2,4-9,14H,3,10-13,15H2,1H3,(H,23,24). The second-order valence-electron chi connectivity index (χ2n) is 7.16. The smallest absolute Gasteiger partial charge is 0.251 e. The number of ether oxygens (including phenoxy) is 1. The molecule has 1 saturated carbocycles. The third kappa shape index (κ3) is 4.64. The summed E-state index contributed by atoms with van der Waals surface area (Å²) in [5.41, 5.74) is 1.66. The molecule has 0 saturated heterocycles. The van der Waals surface area contributed by atoms with Crippen LogP contribution in [-0.2, 0) is 20.0 Å². The molecule has 7 heteroatoms. The van der Waals surface area contributed by atoms with E-state index in [1.165, 1.54) is 24.8 Å². The molecule has 3 rings (SSSR count). The largest absolute Gasteiger partial charge is 0.384 e. The van der Waals surface area contributed by atoms with E-state index in [-0.39, 0.29) is 28.6 Å². The zero-order chi connectivity index (χ0) is 20.2. The van der Waals surface area contributed by atoms with E-state index in [1.807, 2.05) is 12.1 Å². The number of sulfone groups is 1. The van der Waals surface area contributed by atoms with Crippen molar-refractivity contribution in [3.05, 3.63) is 64.1 Å². The van der Waals surface area contributed by atoms with Crippen LogP contribution < -0.4 is 5.32 Å². The van der Waals surface area contributed by atoms with Crippen LogP contribution >= 0.6 is 15.9 Å². The molecule has 2 aromatic carbocycles. The van der Waals surface area contributed by atoms with Crippen molar-refractivity contribution in [2.45, 2.75) is 29.6 Å². The van der Waals surface area contributed by atoms with Crippen molar-refractivity contribution in [1.82, 2.24) is 5.32 Å². The lowest BCUT2D eigenvalue weighted by Crippen LogP contribution is -2.45. The third-order valence-electron chi connectivity index (χ3n) is 5.37. The number of benzene rings is 2. The summed E-state index contributed by atoms with van der Waals surface area (Å²) in [4.78, 5) is 12.8. The van der Waals surface area contributed by atoms with Crippen LogP contribution in [0, 0.1) is 0 Å². The molecule has 0 spiro atoms. The molecule has 0 bridgehead atoms. The van der Waals surface area contributed by atoms with Crippen molar-refractivity contribution in [3.8, 4) is 0 Å². The van der Waals surface area contributed by atoms with Crippen molar-refractivity contribution in [2.24, 2.45) is 0 Å². The monoisotopic (exact) mass is 465 g/mol. The lowest BCUT2D eigenvalue weighted by atomic mass is 9.64. The Kier molecular flexibility index (Phi) is 6.58. The fourth-order valence-corrected chi connectivity index (χ4v) is 5.04. The summed E-state index contributed by atoms with van der Waals surface area (Å²) in [6, 6.07) is 14.3. The Balaban J connectivity index is 1.66. The van der Waals surface area contributed by atoms with Gasteiger partial charge >= 0.3 is 0 Å². The van der Waals surface area contributed by atoms with Gasteiger partial charge in [-0.05, 0) is 54.8 Å². The second kappa shape index (κ2) is 8.76. The molecule has 150 valence electrons. The first kappa shape index (κ1) is 21.0. The summed E-state index contributed by atoms with van der Waals surface area (Å²) in [7, 11) is -1.93. The molecule has 0 atom stereocenters. The van der Waals surface area contributed by atoms with Crippen molar-refractivity contribution in [1.29, 1.82) is 0 Å². The van der Waals surface area contributed by atoms with Gasteiger partial charge in [0.25, 0.3) is 5.91 Å². The Morgan fingerprint density at radius 1 is 1.18 bits per heavy atom. The zero-order valence-electron chi connectivity index (χ0n) is 15.8. The van der Waals surface area contributed by atoms with Crippen LogP contribution in [0.4, 0.5) is 0 Å².